The maximum Gasteiger partial charge on any atom is 0.410 e. The maximum atomic E-state index is 13.1. The molecule has 3 rings (SSSR count). The normalized spacial score (nSPS) is 19.5. The highest BCUT2D eigenvalue weighted by Crippen LogP contribution is 2.38. The molecule has 1 amide bonds. The van der Waals surface area contributed by atoms with Gasteiger partial charge in [0, 0.05) is 0 Å². The molecule has 1 N–H and O–H groups in total. The van der Waals surface area contributed by atoms with E-state index in [0.29, 0.717) is 6.61 Å². The molecule has 0 radical (unpaired) electrons. The van der Waals surface area contributed by atoms with E-state index in [0.717, 1.165) is 12.8 Å². The standard InChI is InChI=1S/C27H39NO4Si/c1-26(2,3)32-25(30)28-21(19-29)17-18-22(28)20-31-33(27(4,5)6,23-13-9-7-10-14-23)24-15-11-8-12-16-24/h7-16,21-22,29H,17-20H2,1-6H3. The van der Waals surface area contributed by atoms with E-state index in [9.17, 15) is 9.90 Å². The number of amides is 1. The van der Waals surface area contributed by atoms with Crippen LogP contribution in [0.25, 0.3) is 0 Å². The number of rotatable bonds is 6. The van der Waals surface area contributed by atoms with Crippen molar-refractivity contribution in [3.8, 4) is 0 Å². The molecule has 0 saturated carbocycles. The Bertz CT molecular complexity index is 866. The van der Waals surface area contributed by atoms with Gasteiger partial charge in [-0.1, -0.05) is 81.4 Å². The minimum absolute atomic E-state index is 0.0744. The molecule has 5 nitrogen and oxygen atoms in total. The zero-order valence-corrected chi connectivity index (χ0v) is 21.9. The van der Waals surface area contributed by atoms with Crippen molar-refractivity contribution in [2.24, 2.45) is 0 Å². The number of ether oxygens (including phenoxy) is 1. The van der Waals surface area contributed by atoms with E-state index in [2.05, 4.69) is 69.3 Å². The van der Waals surface area contributed by atoms with Gasteiger partial charge in [-0.25, -0.2) is 4.79 Å². The van der Waals surface area contributed by atoms with Gasteiger partial charge in [0.2, 0.25) is 0 Å². The van der Waals surface area contributed by atoms with E-state index < -0.39 is 13.9 Å². The molecule has 0 bridgehead atoms. The second kappa shape index (κ2) is 10.00. The summed E-state index contributed by atoms with van der Waals surface area (Å²) in [6.07, 6.45) is 1.14. The smallest absolute Gasteiger partial charge is 0.410 e. The molecule has 2 aromatic carbocycles. The number of likely N-dealkylation sites (tertiary alicyclic amines) is 1. The Labute approximate surface area is 199 Å². The molecule has 180 valence electrons. The van der Waals surface area contributed by atoms with Crippen molar-refractivity contribution in [3.63, 3.8) is 0 Å². The summed E-state index contributed by atoms with van der Waals surface area (Å²) in [5.74, 6) is 0. The van der Waals surface area contributed by atoms with E-state index in [1.807, 2.05) is 32.9 Å². The molecule has 2 unspecified atom stereocenters. The lowest BCUT2D eigenvalue weighted by Gasteiger charge is -2.44. The first-order chi connectivity index (χ1) is 15.5. The third-order valence-corrected chi connectivity index (χ3v) is 11.3. The fourth-order valence-corrected chi connectivity index (χ4v) is 9.50. The number of benzene rings is 2. The van der Waals surface area contributed by atoms with Gasteiger partial charge in [0.05, 0.1) is 25.3 Å². The van der Waals surface area contributed by atoms with Gasteiger partial charge in [-0.15, -0.1) is 0 Å². The first-order valence-corrected chi connectivity index (χ1v) is 13.8. The summed E-state index contributed by atoms with van der Waals surface area (Å²) in [4.78, 5) is 14.8. The molecule has 33 heavy (non-hydrogen) atoms. The zero-order chi connectivity index (χ0) is 24.3. The molecule has 1 heterocycles. The molecule has 2 aromatic rings. The summed E-state index contributed by atoms with van der Waals surface area (Å²) < 4.78 is 12.7. The summed E-state index contributed by atoms with van der Waals surface area (Å²) in [7, 11) is -2.70. The van der Waals surface area contributed by atoms with E-state index in [1.165, 1.54) is 10.4 Å². The van der Waals surface area contributed by atoms with E-state index in [4.69, 9.17) is 9.16 Å². The molecule has 0 aromatic heterocycles. The van der Waals surface area contributed by atoms with Gasteiger partial charge in [-0.2, -0.15) is 0 Å². The lowest BCUT2D eigenvalue weighted by molar-refractivity contribution is 0.00406. The van der Waals surface area contributed by atoms with Crippen molar-refractivity contribution in [2.45, 2.75) is 77.1 Å². The first-order valence-electron chi connectivity index (χ1n) is 11.9. The molecule has 1 aliphatic rings. The SMILES string of the molecule is CC(C)(C)OC(=O)N1C(CO)CCC1CO[Si](c1ccccc1)(c1ccccc1)C(C)(C)C. The Morgan fingerprint density at radius 3 is 1.82 bits per heavy atom. The highest BCUT2D eigenvalue weighted by Gasteiger charge is 2.51. The van der Waals surface area contributed by atoms with Crippen LogP contribution in [0.2, 0.25) is 5.04 Å². The van der Waals surface area contributed by atoms with Crippen molar-refractivity contribution in [1.29, 1.82) is 0 Å². The molecule has 2 atom stereocenters. The fraction of sp³-hybridized carbons (Fsp3) is 0.519. The highest BCUT2D eigenvalue weighted by molar-refractivity contribution is 6.99. The summed E-state index contributed by atoms with van der Waals surface area (Å²) in [6.45, 7) is 12.7. The Kier molecular flexibility index (Phi) is 7.71. The first kappa shape index (κ1) is 25.5. The monoisotopic (exact) mass is 469 g/mol. The predicted molar refractivity (Wildman–Crippen MR) is 136 cm³/mol. The highest BCUT2D eigenvalue weighted by atomic mass is 28.4. The summed E-state index contributed by atoms with van der Waals surface area (Å²) in [5.41, 5.74) is -0.594. The van der Waals surface area contributed by atoms with Crippen LogP contribution in [-0.4, -0.2) is 55.3 Å². The number of hydrogen-bond donors (Lipinski definition) is 1. The molecule has 6 heteroatoms. The van der Waals surface area contributed by atoms with Crippen molar-refractivity contribution in [3.05, 3.63) is 60.7 Å². The molecule has 1 fully saturated rings. The largest absolute Gasteiger partial charge is 0.444 e. The quantitative estimate of drug-likeness (QED) is 0.640. The van der Waals surface area contributed by atoms with Gasteiger partial charge in [-0.05, 0) is 49.0 Å². The van der Waals surface area contributed by atoms with Gasteiger partial charge in [0.15, 0.2) is 0 Å². The van der Waals surface area contributed by atoms with Crippen LogP contribution in [-0.2, 0) is 9.16 Å². The topological polar surface area (TPSA) is 59.0 Å². The molecule has 1 saturated heterocycles. The van der Waals surface area contributed by atoms with Gasteiger partial charge in [0.25, 0.3) is 8.32 Å². The van der Waals surface area contributed by atoms with Crippen LogP contribution >= 0.6 is 0 Å². The van der Waals surface area contributed by atoms with Crippen LogP contribution < -0.4 is 10.4 Å². The Balaban J connectivity index is 1.98. The second-order valence-electron chi connectivity index (χ2n) is 10.9. The van der Waals surface area contributed by atoms with E-state index in [1.54, 1.807) is 4.90 Å². The number of carbonyl (C=O) groups excluding carboxylic acids is 1. The van der Waals surface area contributed by atoms with Gasteiger partial charge in [0.1, 0.15) is 5.60 Å². The summed E-state index contributed by atoms with van der Waals surface area (Å²) >= 11 is 0. The Morgan fingerprint density at radius 1 is 0.909 bits per heavy atom. The van der Waals surface area contributed by atoms with Crippen LogP contribution in [0.5, 0.6) is 0 Å². The lowest BCUT2D eigenvalue weighted by atomic mass is 10.2. The summed E-state index contributed by atoms with van der Waals surface area (Å²) in [5, 5.41) is 12.2. The number of hydrogen-bond acceptors (Lipinski definition) is 4. The molecule has 1 aliphatic heterocycles. The van der Waals surface area contributed by atoms with Crippen LogP contribution in [0.15, 0.2) is 60.7 Å². The number of nitrogens with zero attached hydrogens (tertiary/aromatic N) is 1. The third kappa shape index (κ3) is 5.50. The van der Waals surface area contributed by atoms with Crippen molar-refractivity contribution in [1.82, 2.24) is 4.90 Å². The third-order valence-electron chi connectivity index (χ3n) is 6.34. The zero-order valence-electron chi connectivity index (χ0n) is 20.9. The number of aliphatic hydroxyl groups is 1. The van der Waals surface area contributed by atoms with Gasteiger partial charge >= 0.3 is 6.09 Å². The molecular formula is C27H39NO4Si. The van der Waals surface area contributed by atoms with E-state index in [-0.39, 0.29) is 29.8 Å². The molecule has 0 aliphatic carbocycles. The van der Waals surface area contributed by atoms with Crippen LogP contribution in [0.4, 0.5) is 4.79 Å². The van der Waals surface area contributed by atoms with Crippen LogP contribution in [0.3, 0.4) is 0 Å². The molecule has 0 spiro atoms. The van der Waals surface area contributed by atoms with E-state index >= 15 is 0 Å². The number of carbonyl (C=O) groups is 1. The number of aliphatic hydroxyl groups excluding tert-OH is 1. The van der Waals surface area contributed by atoms with Crippen molar-refractivity contribution >= 4 is 24.8 Å². The Morgan fingerprint density at radius 2 is 1.39 bits per heavy atom. The molecular weight excluding hydrogens is 430 g/mol. The minimum Gasteiger partial charge on any atom is -0.444 e. The fourth-order valence-electron chi connectivity index (χ4n) is 4.90. The van der Waals surface area contributed by atoms with Gasteiger partial charge < -0.3 is 14.3 Å². The summed E-state index contributed by atoms with van der Waals surface area (Å²) in [6, 6.07) is 20.6. The Hall–Kier alpha value is -2.15. The minimum atomic E-state index is -2.70. The average molecular weight is 470 g/mol. The van der Waals surface area contributed by atoms with Crippen molar-refractivity contribution < 1.29 is 19.1 Å². The van der Waals surface area contributed by atoms with Crippen LogP contribution in [0, 0.1) is 0 Å². The van der Waals surface area contributed by atoms with Crippen LogP contribution in [0.1, 0.15) is 54.4 Å². The lowest BCUT2D eigenvalue weighted by Crippen LogP contribution is -2.67. The maximum absolute atomic E-state index is 13.1. The second-order valence-corrected chi connectivity index (χ2v) is 15.2. The predicted octanol–water partition coefficient (Wildman–Crippen LogP) is 4.32. The van der Waals surface area contributed by atoms with Gasteiger partial charge in [-0.3, -0.25) is 4.90 Å². The average Bonchev–Trinajstić information content (AvgIpc) is 3.17. The van der Waals surface area contributed by atoms with Crippen molar-refractivity contribution in [2.75, 3.05) is 13.2 Å².